The number of benzene rings is 3. The third-order valence-electron chi connectivity index (χ3n) is 4.42. The highest BCUT2D eigenvalue weighted by molar-refractivity contribution is 5.96. The molecule has 3 rings (SSSR count). The minimum absolute atomic E-state index is 0.143. The molecule has 5 nitrogen and oxygen atoms in total. The molecule has 0 radical (unpaired) electrons. The van der Waals surface area contributed by atoms with E-state index in [2.05, 4.69) is 10.6 Å². The van der Waals surface area contributed by atoms with Crippen molar-refractivity contribution < 1.29 is 14.3 Å². The molecule has 0 aromatic heterocycles. The molecule has 0 aliphatic rings. The second-order valence-electron chi connectivity index (χ2n) is 6.80. The number of hydrogen-bond acceptors (Lipinski definition) is 3. The zero-order chi connectivity index (χ0) is 20.5. The van der Waals surface area contributed by atoms with Crippen LogP contribution in [0, 0.1) is 6.92 Å². The molecular weight excluding hydrogens is 364 g/mol. The monoisotopic (exact) mass is 388 g/mol. The lowest BCUT2D eigenvalue weighted by Crippen LogP contribution is -2.45. The first-order valence-corrected chi connectivity index (χ1v) is 9.49. The summed E-state index contributed by atoms with van der Waals surface area (Å²) in [5, 5.41) is 5.55. The Morgan fingerprint density at radius 1 is 0.828 bits per heavy atom. The fourth-order valence-corrected chi connectivity index (χ4v) is 2.83. The van der Waals surface area contributed by atoms with Crippen molar-refractivity contribution in [1.82, 2.24) is 5.32 Å². The molecule has 3 aromatic carbocycles. The Balaban J connectivity index is 1.65. The second kappa shape index (κ2) is 10.1. The van der Waals surface area contributed by atoms with E-state index in [-0.39, 0.29) is 12.5 Å². The molecule has 0 aliphatic carbocycles. The molecule has 148 valence electrons. The van der Waals surface area contributed by atoms with Crippen LogP contribution in [0.2, 0.25) is 0 Å². The number of alkyl carbamates (subject to hydrolysis) is 1. The van der Waals surface area contributed by atoms with Gasteiger partial charge in [0.05, 0.1) is 0 Å². The van der Waals surface area contributed by atoms with Crippen LogP contribution in [-0.4, -0.2) is 18.0 Å². The summed E-state index contributed by atoms with van der Waals surface area (Å²) in [6, 6.07) is 25.7. The highest BCUT2D eigenvalue weighted by Gasteiger charge is 2.22. The van der Waals surface area contributed by atoms with Gasteiger partial charge in [0, 0.05) is 12.1 Å². The molecule has 0 spiro atoms. The molecule has 0 heterocycles. The Hall–Kier alpha value is -3.60. The standard InChI is InChI=1S/C24H24N2O3/c1-18-12-14-21(15-13-18)25-23(27)22(16-19-8-4-2-5-9-19)26-24(28)29-17-20-10-6-3-7-11-20/h2-15,22H,16-17H2,1H3,(H,25,27)(H,26,28). The number of amides is 2. The van der Waals surface area contributed by atoms with Gasteiger partial charge in [-0.05, 0) is 30.2 Å². The van der Waals surface area contributed by atoms with Crippen molar-refractivity contribution in [3.8, 4) is 0 Å². The van der Waals surface area contributed by atoms with Gasteiger partial charge in [0.2, 0.25) is 5.91 Å². The lowest BCUT2D eigenvalue weighted by Gasteiger charge is -2.19. The van der Waals surface area contributed by atoms with E-state index in [1.54, 1.807) is 0 Å². The fraction of sp³-hybridized carbons (Fsp3) is 0.167. The number of rotatable bonds is 7. The molecule has 1 unspecified atom stereocenters. The average Bonchev–Trinajstić information content (AvgIpc) is 2.75. The predicted molar refractivity (Wildman–Crippen MR) is 114 cm³/mol. The van der Waals surface area contributed by atoms with E-state index in [9.17, 15) is 9.59 Å². The maximum absolute atomic E-state index is 12.8. The first kappa shape index (κ1) is 20.1. The summed E-state index contributed by atoms with van der Waals surface area (Å²) < 4.78 is 5.28. The number of anilines is 1. The van der Waals surface area contributed by atoms with Crippen LogP contribution in [0.4, 0.5) is 10.5 Å². The van der Waals surface area contributed by atoms with Crippen LogP contribution in [0.25, 0.3) is 0 Å². The third kappa shape index (κ3) is 6.50. The lowest BCUT2D eigenvalue weighted by atomic mass is 10.1. The summed E-state index contributed by atoms with van der Waals surface area (Å²) in [4.78, 5) is 25.1. The molecule has 0 fully saturated rings. The number of hydrogen-bond donors (Lipinski definition) is 2. The molecule has 5 heteroatoms. The summed E-state index contributed by atoms with van der Waals surface area (Å²) >= 11 is 0. The molecule has 2 N–H and O–H groups in total. The Bertz CT molecular complexity index is 925. The molecule has 2 amide bonds. The first-order valence-electron chi connectivity index (χ1n) is 9.49. The van der Waals surface area contributed by atoms with Gasteiger partial charge in [0.1, 0.15) is 12.6 Å². The zero-order valence-electron chi connectivity index (χ0n) is 16.3. The summed E-state index contributed by atoms with van der Waals surface area (Å²) in [6.07, 6.45) is -0.271. The van der Waals surface area contributed by atoms with E-state index in [4.69, 9.17) is 4.74 Å². The highest BCUT2D eigenvalue weighted by Crippen LogP contribution is 2.11. The van der Waals surface area contributed by atoms with Crippen LogP contribution in [0.1, 0.15) is 16.7 Å². The second-order valence-corrected chi connectivity index (χ2v) is 6.80. The van der Waals surface area contributed by atoms with Gasteiger partial charge in [-0.15, -0.1) is 0 Å². The molecule has 29 heavy (non-hydrogen) atoms. The Morgan fingerprint density at radius 2 is 1.41 bits per heavy atom. The van der Waals surface area contributed by atoms with Crippen LogP contribution in [0.5, 0.6) is 0 Å². The van der Waals surface area contributed by atoms with Gasteiger partial charge >= 0.3 is 6.09 Å². The van der Waals surface area contributed by atoms with E-state index in [1.807, 2.05) is 91.9 Å². The Morgan fingerprint density at radius 3 is 2.03 bits per heavy atom. The normalized spacial score (nSPS) is 11.3. The number of carbonyl (C=O) groups is 2. The Kier molecular flexibility index (Phi) is 7.00. The average molecular weight is 388 g/mol. The molecule has 1 atom stereocenters. The van der Waals surface area contributed by atoms with Crippen LogP contribution in [-0.2, 0) is 22.6 Å². The largest absolute Gasteiger partial charge is 0.445 e. The van der Waals surface area contributed by atoms with Crippen molar-refractivity contribution in [1.29, 1.82) is 0 Å². The van der Waals surface area contributed by atoms with Gasteiger partial charge in [-0.25, -0.2) is 4.79 Å². The third-order valence-corrected chi connectivity index (χ3v) is 4.42. The fourth-order valence-electron chi connectivity index (χ4n) is 2.83. The zero-order valence-corrected chi connectivity index (χ0v) is 16.3. The van der Waals surface area contributed by atoms with Crippen molar-refractivity contribution in [3.63, 3.8) is 0 Å². The SMILES string of the molecule is Cc1ccc(NC(=O)C(Cc2ccccc2)NC(=O)OCc2ccccc2)cc1. The van der Waals surface area contributed by atoms with E-state index >= 15 is 0 Å². The topological polar surface area (TPSA) is 67.4 Å². The predicted octanol–water partition coefficient (Wildman–Crippen LogP) is 4.47. The molecule has 0 bridgehead atoms. The van der Waals surface area contributed by atoms with Crippen molar-refractivity contribution in [3.05, 3.63) is 102 Å². The number of carbonyl (C=O) groups excluding carboxylic acids is 2. The van der Waals surface area contributed by atoms with Gasteiger partial charge in [0.15, 0.2) is 0 Å². The van der Waals surface area contributed by atoms with Gasteiger partial charge < -0.3 is 15.4 Å². The molecular formula is C24H24N2O3. The minimum atomic E-state index is -0.762. The quantitative estimate of drug-likeness (QED) is 0.627. The summed E-state index contributed by atoms with van der Waals surface area (Å²) in [5.74, 6) is -0.297. The van der Waals surface area contributed by atoms with E-state index < -0.39 is 12.1 Å². The van der Waals surface area contributed by atoms with Crippen molar-refractivity contribution >= 4 is 17.7 Å². The number of aryl methyl sites for hydroxylation is 1. The highest BCUT2D eigenvalue weighted by atomic mass is 16.5. The summed E-state index contributed by atoms with van der Waals surface area (Å²) in [7, 11) is 0. The first-order chi connectivity index (χ1) is 14.1. The maximum atomic E-state index is 12.8. The van der Waals surface area contributed by atoms with Crippen LogP contribution < -0.4 is 10.6 Å². The minimum Gasteiger partial charge on any atom is -0.445 e. The van der Waals surface area contributed by atoms with Gasteiger partial charge in [-0.2, -0.15) is 0 Å². The van der Waals surface area contributed by atoms with Crippen molar-refractivity contribution in [2.75, 3.05) is 5.32 Å². The molecule has 0 aliphatic heterocycles. The summed E-state index contributed by atoms with van der Waals surface area (Å²) in [6.45, 7) is 2.12. The summed E-state index contributed by atoms with van der Waals surface area (Å²) in [5.41, 5.74) is 3.61. The maximum Gasteiger partial charge on any atom is 0.408 e. The van der Waals surface area contributed by atoms with Gasteiger partial charge in [0.25, 0.3) is 0 Å². The number of nitrogens with one attached hydrogen (secondary N) is 2. The number of ether oxygens (including phenoxy) is 1. The van der Waals surface area contributed by atoms with Crippen LogP contribution in [0.15, 0.2) is 84.9 Å². The van der Waals surface area contributed by atoms with Crippen LogP contribution >= 0.6 is 0 Å². The molecule has 0 saturated heterocycles. The van der Waals surface area contributed by atoms with E-state index in [0.29, 0.717) is 12.1 Å². The van der Waals surface area contributed by atoms with E-state index in [0.717, 1.165) is 16.7 Å². The van der Waals surface area contributed by atoms with Gasteiger partial charge in [-0.1, -0.05) is 78.4 Å². The molecule has 3 aromatic rings. The Labute approximate surface area is 170 Å². The van der Waals surface area contributed by atoms with E-state index in [1.165, 1.54) is 0 Å². The van der Waals surface area contributed by atoms with Crippen molar-refractivity contribution in [2.45, 2.75) is 26.0 Å². The molecule has 0 saturated carbocycles. The van der Waals surface area contributed by atoms with Gasteiger partial charge in [-0.3, -0.25) is 4.79 Å². The smallest absolute Gasteiger partial charge is 0.408 e. The lowest BCUT2D eigenvalue weighted by molar-refractivity contribution is -0.118. The van der Waals surface area contributed by atoms with Crippen LogP contribution in [0.3, 0.4) is 0 Å². The van der Waals surface area contributed by atoms with Crippen molar-refractivity contribution in [2.24, 2.45) is 0 Å².